The minimum absolute atomic E-state index is 0.350. The summed E-state index contributed by atoms with van der Waals surface area (Å²) in [7, 11) is 0. The fraction of sp³-hybridized carbons (Fsp3) is 0.256. The average Bonchev–Trinajstić information content (AvgIpc) is 3.11. The van der Waals surface area contributed by atoms with E-state index in [9.17, 15) is 5.26 Å². The second-order valence-electron chi connectivity index (χ2n) is 14.3. The summed E-state index contributed by atoms with van der Waals surface area (Å²) in [6.07, 6.45) is 8.49. The van der Waals surface area contributed by atoms with E-state index in [1.165, 1.54) is 66.0 Å². The zero-order valence-electron chi connectivity index (χ0n) is 26.7. The lowest BCUT2D eigenvalue weighted by molar-refractivity contribution is -0.00449. The van der Waals surface area contributed by atoms with E-state index >= 15 is 0 Å². The van der Waals surface area contributed by atoms with Crippen LogP contribution in [0.5, 0.6) is 0 Å². The third-order valence-electron chi connectivity index (χ3n) is 11.3. The molecule has 0 aliphatic heterocycles. The molecule has 228 valence electrons. The minimum atomic E-state index is 0.350. The molecule has 0 unspecified atom stereocenters. The highest BCUT2D eigenvalue weighted by atomic mass is 15.0. The predicted molar refractivity (Wildman–Crippen MR) is 188 cm³/mol. The van der Waals surface area contributed by atoms with Gasteiger partial charge in [0.15, 0.2) is 17.5 Å². The number of fused-ring (bicyclic) bond motifs is 1. The van der Waals surface area contributed by atoms with Gasteiger partial charge < -0.3 is 0 Å². The van der Waals surface area contributed by atoms with Gasteiger partial charge in [0.05, 0.1) is 11.6 Å². The summed E-state index contributed by atoms with van der Waals surface area (Å²) in [5, 5.41) is 12.6. The van der Waals surface area contributed by atoms with Crippen LogP contribution < -0.4 is 0 Å². The third-order valence-corrected chi connectivity index (χ3v) is 11.3. The first-order valence-corrected chi connectivity index (χ1v) is 17.0. The second-order valence-corrected chi connectivity index (χ2v) is 14.3. The minimum Gasteiger partial charge on any atom is -0.208 e. The molecule has 4 nitrogen and oxygen atoms in total. The van der Waals surface area contributed by atoms with Gasteiger partial charge in [-0.2, -0.15) is 5.26 Å². The largest absolute Gasteiger partial charge is 0.208 e. The summed E-state index contributed by atoms with van der Waals surface area (Å²) >= 11 is 0. The van der Waals surface area contributed by atoms with Crippen molar-refractivity contribution < 1.29 is 0 Å². The van der Waals surface area contributed by atoms with Crippen LogP contribution in [0.25, 0.3) is 56.1 Å². The zero-order valence-corrected chi connectivity index (χ0v) is 26.7. The van der Waals surface area contributed by atoms with Gasteiger partial charge >= 0.3 is 0 Å². The predicted octanol–water partition coefficient (Wildman–Crippen LogP) is 10.3. The Hall–Kier alpha value is -5.14. The van der Waals surface area contributed by atoms with Crippen LogP contribution in [-0.2, 0) is 5.41 Å². The van der Waals surface area contributed by atoms with Crippen molar-refractivity contribution in [3.8, 4) is 51.4 Å². The maximum atomic E-state index is 9.83. The van der Waals surface area contributed by atoms with Gasteiger partial charge in [-0.3, -0.25) is 0 Å². The van der Waals surface area contributed by atoms with Gasteiger partial charge in [-0.1, -0.05) is 91.0 Å². The van der Waals surface area contributed by atoms with E-state index in [1.54, 1.807) is 11.6 Å². The van der Waals surface area contributed by atoms with Crippen LogP contribution in [0.2, 0.25) is 0 Å². The van der Waals surface area contributed by atoms with Crippen LogP contribution in [-0.4, -0.2) is 15.0 Å². The van der Waals surface area contributed by atoms with Gasteiger partial charge in [0.1, 0.15) is 0 Å². The Bertz CT molecular complexity index is 2170. The molecule has 6 aromatic rings. The van der Waals surface area contributed by atoms with Crippen molar-refractivity contribution in [1.82, 2.24) is 15.0 Å². The molecule has 0 radical (unpaired) electrons. The Kier molecular flexibility index (Phi) is 6.57. The van der Waals surface area contributed by atoms with E-state index in [4.69, 9.17) is 15.0 Å². The van der Waals surface area contributed by atoms with E-state index in [1.807, 2.05) is 48.5 Å². The van der Waals surface area contributed by atoms with E-state index in [-0.39, 0.29) is 0 Å². The molecule has 1 aromatic heterocycles. The summed E-state index contributed by atoms with van der Waals surface area (Å²) < 4.78 is 0. The second kappa shape index (κ2) is 11.0. The summed E-state index contributed by atoms with van der Waals surface area (Å²) in [5.41, 5.74) is 8.71. The van der Waals surface area contributed by atoms with E-state index < -0.39 is 0 Å². The number of nitrogens with zero attached hydrogens (tertiary/aromatic N) is 4. The zero-order chi connectivity index (χ0) is 31.5. The van der Waals surface area contributed by atoms with Gasteiger partial charge in [-0.15, -0.1) is 0 Å². The summed E-state index contributed by atoms with van der Waals surface area (Å²) in [4.78, 5) is 14.7. The molecule has 4 aliphatic rings. The van der Waals surface area contributed by atoms with Crippen LogP contribution >= 0.6 is 0 Å². The topological polar surface area (TPSA) is 62.5 Å². The van der Waals surface area contributed by atoms with Crippen molar-refractivity contribution in [3.63, 3.8) is 0 Å². The first-order chi connectivity index (χ1) is 23.1. The Morgan fingerprint density at radius 3 is 1.87 bits per heavy atom. The number of aromatic nitrogens is 3. The lowest BCUT2D eigenvalue weighted by Gasteiger charge is -2.57. The Morgan fingerprint density at radius 2 is 1.17 bits per heavy atom. The molecular formula is C43H36N4. The van der Waals surface area contributed by atoms with Crippen molar-refractivity contribution in [2.75, 3.05) is 0 Å². The van der Waals surface area contributed by atoms with Crippen LogP contribution in [0.15, 0.2) is 109 Å². The highest BCUT2D eigenvalue weighted by Gasteiger charge is 2.52. The molecule has 4 bridgehead atoms. The molecule has 5 aromatic carbocycles. The number of aryl methyl sites for hydroxylation is 1. The molecule has 4 saturated carbocycles. The number of hydrogen-bond acceptors (Lipinski definition) is 4. The normalized spacial score (nSPS) is 22.8. The maximum absolute atomic E-state index is 9.83. The Morgan fingerprint density at radius 1 is 0.574 bits per heavy atom. The molecule has 0 saturated heterocycles. The van der Waals surface area contributed by atoms with E-state index in [0.717, 1.165) is 28.9 Å². The van der Waals surface area contributed by atoms with Crippen molar-refractivity contribution in [2.24, 2.45) is 17.8 Å². The van der Waals surface area contributed by atoms with Gasteiger partial charge in [0.2, 0.25) is 0 Å². The lowest BCUT2D eigenvalue weighted by Crippen LogP contribution is -2.48. The van der Waals surface area contributed by atoms with Crippen molar-refractivity contribution in [3.05, 3.63) is 126 Å². The number of hydrogen-bond donors (Lipinski definition) is 0. The number of nitriles is 1. The van der Waals surface area contributed by atoms with Crippen molar-refractivity contribution in [2.45, 2.75) is 50.9 Å². The summed E-state index contributed by atoms with van der Waals surface area (Å²) in [6, 6.07) is 40.3. The van der Waals surface area contributed by atoms with Crippen molar-refractivity contribution >= 4 is 10.8 Å². The van der Waals surface area contributed by atoms with Crippen LogP contribution in [0.1, 0.15) is 55.2 Å². The smallest absolute Gasteiger partial charge is 0.165 e. The van der Waals surface area contributed by atoms with Gasteiger partial charge in [-0.25, -0.2) is 15.0 Å². The van der Waals surface area contributed by atoms with Crippen LogP contribution in [0.3, 0.4) is 0 Å². The standard InChI is InChI=1S/C43H36N4/c1-27-19-32(41-45-40(31-9-3-2-4-10-31)46-42(47-41)35-12-6-5-11-33(35)26-44)15-16-34(27)37-17-18-39(38-14-8-7-13-36(37)38)43-23-28-20-29(24-43)22-30(21-28)25-43/h2-19,28-30H,20-25H2,1H3/t28-,29+,30?,43?. The molecule has 47 heavy (non-hydrogen) atoms. The van der Waals surface area contributed by atoms with E-state index in [0.29, 0.717) is 34.0 Å². The first kappa shape index (κ1) is 28.1. The third kappa shape index (κ3) is 4.76. The average molecular weight is 609 g/mol. The molecule has 4 fully saturated rings. The fourth-order valence-electron chi connectivity index (χ4n) is 9.66. The number of rotatable bonds is 5. The van der Waals surface area contributed by atoms with Crippen LogP contribution in [0, 0.1) is 36.0 Å². The van der Waals surface area contributed by atoms with Gasteiger partial charge in [0.25, 0.3) is 0 Å². The summed E-state index contributed by atoms with van der Waals surface area (Å²) in [5.74, 6) is 4.44. The SMILES string of the molecule is Cc1cc(-c2nc(-c3ccccc3)nc(-c3ccccc3C#N)n2)ccc1-c1ccc(C23CC4C[C@H](C2)C[C@@H](C4)C3)c2ccccc12. The molecule has 4 heteroatoms. The molecule has 4 aliphatic carbocycles. The molecule has 0 amide bonds. The molecule has 1 heterocycles. The molecule has 10 rings (SSSR count). The van der Waals surface area contributed by atoms with Crippen molar-refractivity contribution in [1.29, 1.82) is 5.26 Å². The molecule has 0 spiro atoms. The molecular weight excluding hydrogens is 573 g/mol. The van der Waals surface area contributed by atoms with Crippen LogP contribution in [0.4, 0.5) is 0 Å². The van der Waals surface area contributed by atoms with Gasteiger partial charge in [0, 0.05) is 16.7 Å². The Balaban J connectivity index is 1.14. The highest BCUT2D eigenvalue weighted by molar-refractivity contribution is 6.00. The lowest BCUT2D eigenvalue weighted by atomic mass is 9.47. The molecule has 0 N–H and O–H groups in total. The fourth-order valence-corrected chi connectivity index (χ4v) is 9.66. The maximum Gasteiger partial charge on any atom is 0.165 e. The number of benzene rings is 5. The monoisotopic (exact) mass is 608 g/mol. The highest BCUT2D eigenvalue weighted by Crippen LogP contribution is 2.61. The van der Waals surface area contributed by atoms with Gasteiger partial charge in [-0.05, 0) is 120 Å². The first-order valence-electron chi connectivity index (χ1n) is 17.0. The van der Waals surface area contributed by atoms with E-state index in [2.05, 4.69) is 67.6 Å². The summed E-state index contributed by atoms with van der Waals surface area (Å²) in [6.45, 7) is 2.19. The molecule has 0 atom stereocenters. The quantitative estimate of drug-likeness (QED) is 0.195. The Labute approximate surface area is 276 Å².